The number of nitrogens with two attached hydrogens (primary N) is 1. The number of likely N-dealkylation sites (tertiary alicyclic amines) is 1. The number of aromatic nitrogens is 4. The van der Waals surface area contributed by atoms with Crippen molar-refractivity contribution in [3.8, 4) is 23.5 Å². The van der Waals surface area contributed by atoms with Gasteiger partial charge in [0.25, 0.3) is 5.56 Å². The van der Waals surface area contributed by atoms with E-state index in [0.717, 1.165) is 5.56 Å². The van der Waals surface area contributed by atoms with Crippen molar-refractivity contribution in [2.24, 2.45) is 5.92 Å². The summed E-state index contributed by atoms with van der Waals surface area (Å²) in [4.78, 5) is 41.3. The Hall–Kier alpha value is -5.12. The Morgan fingerprint density at radius 1 is 1.08 bits per heavy atom. The first-order valence-electron chi connectivity index (χ1n) is 15.9. The van der Waals surface area contributed by atoms with Gasteiger partial charge in [-0.15, -0.1) is 0 Å². The summed E-state index contributed by atoms with van der Waals surface area (Å²) in [6, 6.07) is 15.2. The lowest BCUT2D eigenvalue weighted by Gasteiger charge is -2.44. The lowest BCUT2D eigenvalue weighted by Crippen LogP contribution is -2.52. The largest absolute Gasteiger partial charge is 0.437 e. The Balaban J connectivity index is 1.13. The fraction of sp³-hybridized carbons (Fsp3) is 0.361. The second-order valence-corrected chi connectivity index (χ2v) is 12.4. The second-order valence-electron chi connectivity index (χ2n) is 12.4. The van der Waals surface area contributed by atoms with Gasteiger partial charge in [0.15, 0.2) is 5.69 Å². The summed E-state index contributed by atoms with van der Waals surface area (Å²) in [5, 5.41) is 11.5. The highest BCUT2D eigenvalue weighted by Gasteiger charge is 2.46. The van der Waals surface area contributed by atoms with Crippen molar-refractivity contribution in [2.45, 2.75) is 55.8 Å². The molecular formula is C36H37FN6O5. The third-order valence-corrected chi connectivity index (χ3v) is 9.36. The fourth-order valence-electron chi connectivity index (χ4n) is 6.59. The van der Waals surface area contributed by atoms with E-state index in [9.17, 15) is 19.1 Å². The van der Waals surface area contributed by atoms with Gasteiger partial charge in [-0.25, -0.2) is 19.3 Å². The van der Waals surface area contributed by atoms with Crippen molar-refractivity contribution in [2.75, 3.05) is 25.9 Å². The number of nitrogen functional groups attached to an aromatic ring is 1. The molecule has 2 aliphatic rings. The van der Waals surface area contributed by atoms with Gasteiger partial charge in [-0.05, 0) is 67.9 Å². The number of nitrogens with zero attached hydrogens (tertiary/aromatic N) is 5. The molecule has 0 radical (unpaired) electrons. The number of amides is 1. The van der Waals surface area contributed by atoms with Gasteiger partial charge in [0, 0.05) is 38.5 Å². The van der Waals surface area contributed by atoms with Crippen molar-refractivity contribution < 1.29 is 23.8 Å². The highest BCUT2D eigenvalue weighted by Crippen LogP contribution is 2.45. The lowest BCUT2D eigenvalue weighted by molar-refractivity contribution is -0.143. The van der Waals surface area contributed by atoms with Gasteiger partial charge >= 0.3 is 0 Å². The third-order valence-electron chi connectivity index (χ3n) is 9.36. The topological polar surface area (TPSA) is 146 Å². The zero-order chi connectivity index (χ0) is 33.7. The maximum Gasteiger partial charge on any atom is 0.280 e. The van der Waals surface area contributed by atoms with E-state index in [1.165, 1.54) is 41.5 Å². The zero-order valence-corrected chi connectivity index (χ0v) is 26.6. The molecule has 1 amide bonds. The average Bonchev–Trinajstić information content (AvgIpc) is 3.12. The molecule has 1 saturated heterocycles. The van der Waals surface area contributed by atoms with Crippen molar-refractivity contribution in [1.29, 1.82) is 0 Å². The van der Waals surface area contributed by atoms with Crippen LogP contribution in [-0.2, 0) is 16.1 Å². The molecule has 1 saturated carbocycles. The maximum absolute atomic E-state index is 14.1. The number of hydrogen-bond acceptors (Lipinski definition) is 9. The van der Waals surface area contributed by atoms with E-state index in [0.29, 0.717) is 37.9 Å². The Morgan fingerprint density at radius 2 is 1.79 bits per heavy atom. The van der Waals surface area contributed by atoms with E-state index < -0.39 is 22.6 Å². The summed E-state index contributed by atoms with van der Waals surface area (Å²) in [7, 11) is 1.66. The molecule has 12 heteroatoms. The molecule has 48 heavy (non-hydrogen) atoms. The standard InChI is InChI=1S/C36H37FN6O5/c1-47-36(13-11-25-20-39-23-40-21-25)14-12-29(30(19-36)26-5-3-2-4-6-26)33(44)42-17-15-35(46,16-18-42)22-43-24-41-32(31(38)34(43)45)48-28-9-7-27(37)8-10-28/h2-10,20-21,23-24,29-30,46H,12,14-19,22,38H2,1H3/t29-,30+,36-/m1/s1. The number of anilines is 1. The van der Waals surface area contributed by atoms with Crippen LogP contribution in [0.4, 0.5) is 10.1 Å². The number of rotatable bonds is 7. The van der Waals surface area contributed by atoms with Crippen LogP contribution in [0.5, 0.6) is 11.6 Å². The molecule has 3 atom stereocenters. The monoisotopic (exact) mass is 652 g/mol. The fourth-order valence-corrected chi connectivity index (χ4v) is 6.59. The number of halogens is 1. The molecule has 3 heterocycles. The predicted molar refractivity (Wildman–Crippen MR) is 175 cm³/mol. The molecule has 0 spiro atoms. The number of carbonyl (C=O) groups excluding carboxylic acids is 1. The van der Waals surface area contributed by atoms with E-state index in [1.807, 2.05) is 35.2 Å². The smallest absolute Gasteiger partial charge is 0.280 e. The van der Waals surface area contributed by atoms with Crippen molar-refractivity contribution in [3.05, 3.63) is 107 Å². The number of piperidine rings is 1. The molecule has 3 N–H and O–H groups in total. The molecule has 4 aromatic rings. The minimum absolute atomic E-state index is 0.0328. The molecule has 2 aromatic carbocycles. The Kier molecular flexibility index (Phi) is 9.52. The van der Waals surface area contributed by atoms with Crippen LogP contribution in [0, 0.1) is 23.6 Å². The molecule has 0 unspecified atom stereocenters. The average molecular weight is 653 g/mol. The van der Waals surface area contributed by atoms with Crippen molar-refractivity contribution in [1.82, 2.24) is 24.4 Å². The normalized spacial score (nSPS) is 21.9. The van der Waals surface area contributed by atoms with E-state index >= 15 is 0 Å². The van der Waals surface area contributed by atoms with Crippen LogP contribution in [0.1, 0.15) is 49.1 Å². The molecular weight excluding hydrogens is 615 g/mol. The van der Waals surface area contributed by atoms with Crippen LogP contribution in [0.15, 0.2) is 84.4 Å². The van der Waals surface area contributed by atoms with Gasteiger partial charge in [-0.2, -0.15) is 0 Å². The Morgan fingerprint density at radius 3 is 2.48 bits per heavy atom. The Bertz CT molecular complexity index is 1850. The molecule has 6 rings (SSSR count). The van der Waals surface area contributed by atoms with Gasteiger partial charge in [0.2, 0.25) is 11.8 Å². The third kappa shape index (κ3) is 7.22. The molecule has 248 valence electrons. The van der Waals surface area contributed by atoms with E-state index in [2.05, 4.69) is 26.8 Å². The Labute approximate surface area is 277 Å². The number of methoxy groups -OCH3 is 1. The second kappa shape index (κ2) is 13.9. The summed E-state index contributed by atoms with van der Waals surface area (Å²) >= 11 is 0. The minimum atomic E-state index is -1.25. The molecule has 0 bridgehead atoms. The number of carbonyl (C=O) groups is 1. The van der Waals surface area contributed by atoms with Crippen LogP contribution in [0.3, 0.4) is 0 Å². The summed E-state index contributed by atoms with van der Waals surface area (Å²) in [6.45, 7) is 0.624. The van der Waals surface area contributed by atoms with Crippen LogP contribution in [0.25, 0.3) is 0 Å². The first kappa shape index (κ1) is 32.8. The minimum Gasteiger partial charge on any atom is -0.437 e. The first-order chi connectivity index (χ1) is 23.2. The van der Waals surface area contributed by atoms with Crippen LogP contribution in [-0.4, -0.2) is 66.8 Å². The summed E-state index contributed by atoms with van der Waals surface area (Å²) < 4.78 is 26.1. The van der Waals surface area contributed by atoms with Gasteiger partial charge in [-0.3, -0.25) is 14.2 Å². The number of ether oxygens (including phenoxy) is 2. The molecule has 1 aliphatic heterocycles. The zero-order valence-electron chi connectivity index (χ0n) is 26.6. The molecule has 1 aliphatic carbocycles. The highest BCUT2D eigenvalue weighted by molar-refractivity contribution is 5.80. The van der Waals surface area contributed by atoms with Gasteiger partial charge < -0.3 is 25.2 Å². The maximum atomic E-state index is 14.1. The number of benzene rings is 2. The van der Waals surface area contributed by atoms with Gasteiger partial charge in [-0.1, -0.05) is 42.2 Å². The highest BCUT2D eigenvalue weighted by atomic mass is 19.1. The summed E-state index contributed by atoms with van der Waals surface area (Å²) in [5.41, 5.74) is 5.01. The van der Waals surface area contributed by atoms with Crippen LogP contribution >= 0.6 is 0 Å². The predicted octanol–water partition coefficient (Wildman–Crippen LogP) is 3.92. The van der Waals surface area contributed by atoms with E-state index in [1.54, 1.807) is 19.5 Å². The number of hydrogen-bond donors (Lipinski definition) is 2. The van der Waals surface area contributed by atoms with Gasteiger partial charge in [0.1, 0.15) is 29.8 Å². The van der Waals surface area contributed by atoms with Crippen LogP contribution < -0.4 is 16.0 Å². The van der Waals surface area contributed by atoms with E-state index in [4.69, 9.17) is 15.2 Å². The molecule has 2 fully saturated rings. The van der Waals surface area contributed by atoms with Crippen LogP contribution in [0.2, 0.25) is 0 Å². The van der Waals surface area contributed by atoms with Crippen molar-refractivity contribution >= 4 is 11.6 Å². The van der Waals surface area contributed by atoms with Crippen molar-refractivity contribution in [3.63, 3.8) is 0 Å². The lowest BCUT2D eigenvalue weighted by atomic mass is 9.68. The summed E-state index contributed by atoms with van der Waals surface area (Å²) in [5.74, 6) is 5.85. The first-order valence-corrected chi connectivity index (χ1v) is 15.9. The SMILES string of the molecule is CO[C@]1(C#Cc2cncnc2)CC[C@@H](C(=O)N2CCC(O)(Cn3cnc(Oc4ccc(F)cc4)c(N)c3=O)CC2)[C@H](c2ccccc2)C1. The quantitative estimate of drug-likeness (QED) is 0.284. The van der Waals surface area contributed by atoms with Gasteiger partial charge in [0.05, 0.1) is 17.7 Å². The molecule has 11 nitrogen and oxygen atoms in total. The summed E-state index contributed by atoms with van der Waals surface area (Å²) in [6.07, 6.45) is 8.30. The van der Waals surface area contributed by atoms with E-state index in [-0.39, 0.29) is 54.4 Å². The number of aliphatic hydroxyl groups is 1. The molecule has 2 aromatic heterocycles.